The summed E-state index contributed by atoms with van der Waals surface area (Å²) in [5.74, 6) is -1.96. The minimum Gasteiger partial charge on any atom is -0.452 e. The molecule has 2 aromatic rings. The topological polar surface area (TPSA) is 55.4 Å². The highest BCUT2D eigenvalue weighted by molar-refractivity contribution is 6.33. The zero-order chi connectivity index (χ0) is 16.1. The number of esters is 1. The maximum Gasteiger partial charge on any atom is 0.340 e. The van der Waals surface area contributed by atoms with Crippen LogP contribution in [0.25, 0.3) is 0 Å². The Labute approximate surface area is 131 Å². The second kappa shape index (κ2) is 7.04. The third-order valence-corrected chi connectivity index (χ3v) is 3.15. The number of carbonyl (C=O) groups excluding carboxylic acids is 2. The number of amides is 1. The van der Waals surface area contributed by atoms with Crippen molar-refractivity contribution in [2.45, 2.75) is 6.92 Å². The van der Waals surface area contributed by atoms with Gasteiger partial charge in [0, 0.05) is 5.69 Å². The molecule has 0 radical (unpaired) electrons. The first kappa shape index (κ1) is 16.0. The summed E-state index contributed by atoms with van der Waals surface area (Å²) in [5.41, 5.74) is 1.53. The molecule has 0 fully saturated rings. The Balaban J connectivity index is 1.91. The number of aryl methyl sites for hydroxylation is 1. The number of nitrogens with one attached hydrogen (secondary N) is 1. The molecule has 0 aliphatic carbocycles. The van der Waals surface area contributed by atoms with Crippen molar-refractivity contribution in [2.24, 2.45) is 0 Å². The molecule has 114 valence electrons. The first-order chi connectivity index (χ1) is 10.5. The van der Waals surface area contributed by atoms with E-state index >= 15 is 0 Å². The average molecular weight is 322 g/mol. The fourth-order valence-electron chi connectivity index (χ4n) is 1.70. The molecule has 1 amide bonds. The lowest BCUT2D eigenvalue weighted by molar-refractivity contribution is -0.119. The van der Waals surface area contributed by atoms with Crippen molar-refractivity contribution in [3.05, 3.63) is 64.4 Å². The lowest BCUT2D eigenvalue weighted by atomic mass is 10.2. The molecular weight excluding hydrogens is 309 g/mol. The quantitative estimate of drug-likeness (QED) is 0.876. The SMILES string of the molecule is Cc1ccc(NC(=O)COC(=O)c2cc(F)ccc2Cl)cc1. The summed E-state index contributed by atoms with van der Waals surface area (Å²) in [6.45, 7) is 1.44. The molecule has 0 aromatic heterocycles. The Kier molecular flexibility index (Phi) is 5.12. The molecule has 0 heterocycles. The molecule has 4 nitrogen and oxygen atoms in total. The number of anilines is 1. The summed E-state index contributed by atoms with van der Waals surface area (Å²) in [6, 6.07) is 10.5. The van der Waals surface area contributed by atoms with E-state index in [0.29, 0.717) is 5.69 Å². The smallest absolute Gasteiger partial charge is 0.340 e. The van der Waals surface area contributed by atoms with Gasteiger partial charge in [0.05, 0.1) is 10.6 Å². The number of hydrogen-bond acceptors (Lipinski definition) is 3. The molecule has 0 atom stereocenters. The van der Waals surface area contributed by atoms with Gasteiger partial charge >= 0.3 is 5.97 Å². The van der Waals surface area contributed by atoms with Crippen molar-refractivity contribution >= 4 is 29.2 Å². The van der Waals surface area contributed by atoms with Gasteiger partial charge in [-0.05, 0) is 37.3 Å². The minimum absolute atomic E-state index is 0.0605. The van der Waals surface area contributed by atoms with Crippen molar-refractivity contribution in [3.8, 4) is 0 Å². The Morgan fingerprint density at radius 2 is 1.86 bits per heavy atom. The van der Waals surface area contributed by atoms with E-state index in [1.165, 1.54) is 6.07 Å². The minimum atomic E-state index is -0.858. The van der Waals surface area contributed by atoms with Gasteiger partial charge in [0.25, 0.3) is 5.91 Å². The van der Waals surface area contributed by atoms with Gasteiger partial charge in [0.15, 0.2) is 6.61 Å². The van der Waals surface area contributed by atoms with E-state index < -0.39 is 24.3 Å². The molecule has 22 heavy (non-hydrogen) atoms. The third-order valence-electron chi connectivity index (χ3n) is 2.82. The van der Waals surface area contributed by atoms with Gasteiger partial charge in [-0.2, -0.15) is 0 Å². The molecule has 0 unspecified atom stereocenters. The molecule has 0 spiro atoms. The Hall–Kier alpha value is -2.40. The second-order valence-electron chi connectivity index (χ2n) is 4.61. The second-order valence-corrected chi connectivity index (χ2v) is 5.02. The van der Waals surface area contributed by atoms with Crippen LogP contribution in [0.4, 0.5) is 10.1 Å². The first-order valence-electron chi connectivity index (χ1n) is 6.44. The molecule has 0 aliphatic heterocycles. The number of halogens is 2. The highest BCUT2D eigenvalue weighted by atomic mass is 35.5. The maximum atomic E-state index is 13.1. The summed E-state index contributed by atoms with van der Waals surface area (Å²) >= 11 is 5.78. The molecular formula is C16H13ClFNO3. The fourth-order valence-corrected chi connectivity index (χ4v) is 1.89. The summed E-state index contributed by atoms with van der Waals surface area (Å²) < 4.78 is 17.9. The van der Waals surface area contributed by atoms with Crippen molar-refractivity contribution in [3.63, 3.8) is 0 Å². The van der Waals surface area contributed by atoms with Crippen LogP contribution in [0.5, 0.6) is 0 Å². The maximum absolute atomic E-state index is 13.1. The summed E-state index contributed by atoms with van der Waals surface area (Å²) in [6.07, 6.45) is 0. The van der Waals surface area contributed by atoms with E-state index in [1.54, 1.807) is 12.1 Å². The van der Waals surface area contributed by atoms with Gasteiger partial charge in [0.1, 0.15) is 5.82 Å². The molecule has 6 heteroatoms. The van der Waals surface area contributed by atoms with Crippen LogP contribution in [-0.4, -0.2) is 18.5 Å². The Bertz CT molecular complexity index is 701. The summed E-state index contributed by atoms with van der Waals surface area (Å²) in [7, 11) is 0. The molecule has 1 N–H and O–H groups in total. The van der Waals surface area contributed by atoms with E-state index in [1.807, 2.05) is 19.1 Å². The third kappa shape index (κ3) is 4.30. The van der Waals surface area contributed by atoms with Crippen LogP contribution in [0.1, 0.15) is 15.9 Å². The molecule has 0 saturated heterocycles. The standard InChI is InChI=1S/C16H13ClFNO3/c1-10-2-5-12(6-3-10)19-15(20)9-22-16(21)13-8-11(18)4-7-14(13)17/h2-8H,9H2,1H3,(H,19,20). The van der Waals surface area contributed by atoms with E-state index in [-0.39, 0.29) is 10.6 Å². The predicted molar refractivity (Wildman–Crippen MR) is 81.5 cm³/mol. The monoisotopic (exact) mass is 321 g/mol. The zero-order valence-corrected chi connectivity index (χ0v) is 12.5. The van der Waals surface area contributed by atoms with Crippen LogP contribution >= 0.6 is 11.6 Å². The van der Waals surface area contributed by atoms with Crippen LogP contribution in [0.15, 0.2) is 42.5 Å². The van der Waals surface area contributed by atoms with Gasteiger partial charge < -0.3 is 10.1 Å². The van der Waals surface area contributed by atoms with E-state index in [9.17, 15) is 14.0 Å². The normalized spacial score (nSPS) is 10.1. The molecule has 0 aliphatic rings. The van der Waals surface area contributed by atoms with Crippen molar-refractivity contribution in [1.82, 2.24) is 0 Å². The van der Waals surface area contributed by atoms with Crippen molar-refractivity contribution in [2.75, 3.05) is 11.9 Å². The highest BCUT2D eigenvalue weighted by Gasteiger charge is 2.14. The first-order valence-corrected chi connectivity index (χ1v) is 6.82. The molecule has 2 aromatic carbocycles. The largest absolute Gasteiger partial charge is 0.452 e. The Morgan fingerprint density at radius 3 is 2.55 bits per heavy atom. The van der Waals surface area contributed by atoms with Crippen LogP contribution in [0.3, 0.4) is 0 Å². The predicted octanol–water partition coefficient (Wildman–Crippen LogP) is 3.58. The number of benzene rings is 2. The highest BCUT2D eigenvalue weighted by Crippen LogP contribution is 2.18. The van der Waals surface area contributed by atoms with Crippen molar-refractivity contribution < 1.29 is 18.7 Å². The number of carbonyl (C=O) groups is 2. The van der Waals surface area contributed by atoms with Gasteiger partial charge in [-0.15, -0.1) is 0 Å². The van der Waals surface area contributed by atoms with E-state index in [2.05, 4.69) is 5.32 Å². The molecule has 2 rings (SSSR count). The van der Waals surface area contributed by atoms with E-state index in [0.717, 1.165) is 17.7 Å². The van der Waals surface area contributed by atoms with Gasteiger partial charge in [-0.3, -0.25) is 4.79 Å². The number of ether oxygens (including phenoxy) is 1. The van der Waals surface area contributed by atoms with Gasteiger partial charge in [0.2, 0.25) is 0 Å². The lowest BCUT2D eigenvalue weighted by Crippen LogP contribution is -2.21. The Morgan fingerprint density at radius 1 is 1.18 bits per heavy atom. The summed E-state index contributed by atoms with van der Waals surface area (Å²) in [5, 5.41) is 2.64. The lowest BCUT2D eigenvalue weighted by Gasteiger charge is -2.08. The summed E-state index contributed by atoms with van der Waals surface area (Å²) in [4.78, 5) is 23.5. The van der Waals surface area contributed by atoms with Gasteiger partial charge in [-0.1, -0.05) is 29.3 Å². The van der Waals surface area contributed by atoms with Gasteiger partial charge in [-0.25, -0.2) is 9.18 Å². The van der Waals surface area contributed by atoms with Crippen LogP contribution in [0, 0.1) is 12.7 Å². The van der Waals surface area contributed by atoms with Crippen LogP contribution in [0.2, 0.25) is 5.02 Å². The van der Waals surface area contributed by atoms with Crippen LogP contribution < -0.4 is 5.32 Å². The van der Waals surface area contributed by atoms with E-state index in [4.69, 9.17) is 16.3 Å². The van der Waals surface area contributed by atoms with Crippen molar-refractivity contribution in [1.29, 1.82) is 0 Å². The van der Waals surface area contributed by atoms with Crippen LogP contribution in [-0.2, 0) is 9.53 Å². The number of rotatable bonds is 4. The molecule has 0 bridgehead atoms. The molecule has 0 saturated carbocycles. The number of hydrogen-bond donors (Lipinski definition) is 1. The fraction of sp³-hybridized carbons (Fsp3) is 0.125. The average Bonchev–Trinajstić information content (AvgIpc) is 2.49. The zero-order valence-electron chi connectivity index (χ0n) is 11.7.